The van der Waals surface area contributed by atoms with Crippen molar-refractivity contribution in [3.05, 3.63) is 35.9 Å². The molecule has 2 bridgehead atoms. The molecule has 3 aliphatic rings. The molecule has 6 heteroatoms. The Bertz CT molecular complexity index is 551. The summed E-state index contributed by atoms with van der Waals surface area (Å²) >= 11 is 0. The number of halogens is 1. The van der Waals surface area contributed by atoms with Crippen LogP contribution in [0.3, 0.4) is 0 Å². The fourth-order valence-electron chi connectivity index (χ4n) is 4.04. The maximum atomic E-state index is 12.4. The van der Waals surface area contributed by atoms with E-state index in [9.17, 15) is 9.90 Å². The summed E-state index contributed by atoms with van der Waals surface area (Å²) in [6.07, 6.45) is 2.26. The highest BCUT2D eigenvalue weighted by Crippen LogP contribution is 2.48. The molecule has 1 aromatic carbocycles. The predicted octanol–water partition coefficient (Wildman–Crippen LogP) is 1.50. The number of hydrogen-bond donors (Lipinski definition) is 1. The summed E-state index contributed by atoms with van der Waals surface area (Å²) in [4.78, 5) is 14.8. The average Bonchev–Trinajstić information content (AvgIpc) is 3.27. The first kappa shape index (κ1) is 16.9. The molecule has 5 nitrogen and oxygen atoms in total. The standard InChI is InChI=1S/C17H21NO4.BrH/c1-18-13-7-11(8-14(18)16-15(13)22-16)21-17(20)12(9-19)10-5-3-2-4-6-10;/h2-6,11-16,19H,7-9H2,1H3;1H/t11?,12-,13?,14?,15-,16?;/m1./s1. The summed E-state index contributed by atoms with van der Waals surface area (Å²) in [6, 6.07) is 10.1. The first-order valence-electron chi connectivity index (χ1n) is 7.92. The first-order chi connectivity index (χ1) is 10.7. The summed E-state index contributed by atoms with van der Waals surface area (Å²) in [6.45, 7) is -0.226. The quantitative estimate of drug-likeness (QED) is 0.630. The largest absolute Gasteiger partial charge is 0.462 e. The van der Waals surface area contributed by atoms with Crippen LogP contribution in [0.2, 0.25) is 0 Å². The minimum Gasteiger partial charge on any atom is -0.462 e. The Hall–Kier alpha value is -0.950. The van der Waals surface area contributed by atoms with Crippen LogP contribution in [0.25, 0.3) is 0 Å². The zero-order valence-corrected chi connectivity index (χ0v) is 14.7. The Morgan fingerprint density at radius 2 is 1.91 bits per heavy atom. The minimum atomic E-state index is -0.593. The van der Waals surface area contributed by atoms with Crippen LogP contribution in [0.4, 0.5) is 0 Å². The molecule has 1 N–H and O–H groups in total. The molecule has 0 amide bonds. The van der Waals surface area contributed by atoms with Gasteiger partial charge in [0.2, 0.25) is 0 Å². The molecule has 0 aromatic heterocycles. The molecule has 0 radical (unpaired) electrons. The van der Waals surface area contributed by atoms with Crippen molar-refractivity contribution in [1.29, 1.82) is 0 Å². The third-order valence-corrected chi connectivity index (χ3v) is 5.33. The van der Waals surface area contributed by atoms with Gasteiger partial charge in [-0.3, -0.25) is 9.69 Å². The number of benzene rings is 1. The van der Waals surface area contributed by atoms with Gasteiger partial charge in [0.15, 0.2) is 0 Å². The number of rotatable bonds is 4. The topological polar surface area (TPSA) is 62.3 Å². The number of aliphatic hydroxyl groups is 1. The fourth-order valence-corrected chi connectivity index (χ4v) is 4.04. The van der Waals surface area contributed by atoms with Gasteiger partial charge in [-0.1, -0.05) is 30.3 Å². The number of nitrogens with zero attached hydrogens (tertiary/aromatic N) is 1. The van der Waals surface area contributed by atoms with Gasteiger partial charge < -0.3 is 14.6 Å². The number of likely N-dealkylation sites (N-methyl/N-ethyl adjacent to an activating group) is 1. The number of morpholine rings is 1. The van der Waals surface area contributed by atoms with Crippen molar-refractivity contribution in [2.45, 2.75) is 49.2 Å². The Kier molecular flexibility index (Phi) is 4.78. The molecule has 0 saturated carbocycles. The Labute approximate surface area is 146 Å². The van der Waals surface area contributed by atoms with Gasteiger partial charge in [-0.25, -0.2) is 0 Å². The van der Waals surface area contributed by atoms with E-state index < -0.39 is 5.92 Å². The lowest BCUT2D eigenvalue weighted by atomic mass is 9.97. The van der Waals surface area contributed by atoms with Crippen LogP contribution in [-0.4, -0.2) is 60.0 Å². The summed E-state index contributed by atoms with van der Waals surface area (Å²) in [5, 5.41) is 9.56. The summed E-state index contributed by atoms with van der Waals surface area (Å²) in [7, 11) is 2.13. The zero-order valence-electron chi connectivity index (χ0n) is 13.0. The fraction of sp³-hybridized carbons (Fsp3) is 0.588. The number of piperidine rings is 1. The van der Waals surface area contributed by atoms with E-state index in [-0.39, 0.29) is 35.7 Å². The summed E-state index contributed by atoms with van der Waals surface area (Å²) in [5.41, 5.74) is 0.803. The van der Waals surface area contributed by atoms with Crippen LogP contribution in [0, 0.1) is 0 Å². The van der Waals surface area contributed by atoms with Crippen LogP contribution in [0.15, 0.2) is 30.3 Å². The molecule has 3 saturated heterocycles. The van der Waals surface area contributed by atoms with Crippen molar-refractivity contribution in [1.82, 2.24) is 4.90 Å². The van der Waals surface area contributed by atoms with Gasteiger partial charge in [0.1, 0.15) is 24.2 Å². The Balaban J connectivity index is 0.00000156. The van der Waals surface area contributed by atoms with Crippen molar-refractivity contribution >= 4 is 23.0 Å². The summed E-state index contributed by atoms with van der Waals surface area (Å²) < 4.78 is 11.4. The van der Waals surface area contributed by atoms with Gasteiger partial charge in [-0.2, -0.15) is 0 Å². The molecular formula is C17H22BrNO4. The van der Waals surface area contributed by atoms with Crippen molar-refractivity contribution in [3.8, 4) is 0 Å². The first-order valence-corrected chi connectivity index (χ1v) is 7.92. The van der Waals surface area contributed by atoms with Gasteiger partial charge in [0.05, 0.1) is 6.61 Å². The van der Waals surface area contributed by atoms with E-state index in [0.29, 0.717) is 24.3 Å². The molecule has 6 atom stereocenters. The predicted molar refractivity (Wildman–Crippen MR) is 89.7 cm³/mol. The van der Waals surface area contributed by atoms with Crippen LogP contribution in [-0.2, 0) is 14.3 Å². The van der Waals surface area contributed by atoms with Crippen molar-refractivity contribution in [3.63, 3.8) is 0 Å². The monoisotopic (exact) mass is 383 g/mol. The molecule has 126 valence electrons. The molecule has 23 heavy (non-hydrogen) atoms. The molecule has 0 spiro atoms. The number of carbonyl (C=O) groups is 1. The van der Waals surface area contributed by atoms with E-state index in [1.807, 2.05) is 30.3 Å². The Morgan fingerprint density at radius 3 is 2.48 bits per heavy atom. The lowest BCUT2D eigenvalue weighted by Crippen LogP contribution is -2.48. The normalized spacial score (nSPS) is 35.8. The number of esters is 1. The van der Waals surface area contributed by atoms with E-state index in [1.165, 1.54) is 0 Å². The second kappa shape index (κ2) is 6.51. The van der Waals surface area contributed by atoms with Gasteiger partial charge in [-0.15, -0.1) is 17.0 Å². The number of ether oxygens (including phenoxy) is 2. The summed E-state index contributed by atoms with van der Waals surface area (Å²) in [5.74, 6) is -0.915. The van der Waals surface area contributed by atoms with Crippen molar-refractivity contribution < 1.29 is 19.4 Å². The number of fused-ring (bicyclic) bond motifs is 5. The zero-order chi connectivity index (χ0) is 15.3. The van der Waals surface area contributed by atoms with Crippen LogP contribution in [0.5, 0.6) is 0 Å². The third kappa shape index (κ3) is 2.93. The Morgan fingerprint density at radius 1 is 1.30 bits per heavy atom. The maximum absolute atomic E-state index is 12.4. The van der Waals surface area contributed by atoms with Crippen molar-refractivity contribution in [2.75, 3.05) is 13.7 Å². The van der Waals surface area contributed by atoms with Crippen LogP contribution < -0.4 is 0 Å². The molecule has 3 fully saturated rings. The molecule has 0 aliphatic carbocycles. The molecule has 1 aromatic rings. The highest BCUT2D eigenvalue weighted by atomic mass is 79.9. The van der Waals surface area contributed by atoms with Crippen molar-refractivity contribution in [2.24, 2.45) is 0 Å². The third-order valence-electron chi connectivity index (χ3n) is 5.33. The number of aliphatic hydroxyl groups excluding tert-OH is 1. The molecule has 3 aliphatic heterocycles. The van der Waals surface area contributed by atoms with Gasteiger partial charge >= 0.3 is 5.97 Å². The minimum absolute atomic E-state index is 0. The lowest BCUT2D eigenvalue weighted by Gasteiger charge is -2.38. The highest BCUT2D eigenvalue weighted by Gasteiger charge is 2.62. The van der Waals surface area contributed by atoms with E-state index in [4.69, 9.17) is 9.47 Å². The molecule has 4 unspecified atom stereocenters. The number of carbonyl (C=O) groups excluding carboxylic acids is 1. The smallest absolute Gasteiger partial charge is 0.316 e. The number of hydrogen-bond acceptors (Lipinski definition) is 5. The van der Waals surface area contributed by atoms with E-state index in [2.05, 4.69) is 11.9 Å². The van der Waals surface area contributed by atoms with Gasteiger partial charge in [0, 0.05) is 24.9 Å². The van der Waals surface area contributed by atoms with Crippen LogP contribution in [0.1, 0.15) is 24.3 Å². The molecule has 3 heterocycles. The highest BCUT2D eigenvalue weighted by molar-refractivity contribution is 8.93. The van der Waals surface area contributed by atoms with E-state index in [0.717, 1.165) is 18.4 Å². The molecular weight excluding hydrogens is 362 g/mol. The maximum Gasteiger partial charge on any atom is 0.316 e. The SMILES string of the molecule is Br.CN1C2CC(OC(=O)[C@H](CO)c3ccccc3)CC1[C@H]1OC21. The van der Waals surface area contributed by atoms with Gasteiger partial charge in [0.25, 0.3) is 0 Å². The van der Waals surface area contributed by atoms with Crippen LogP contribution >= 0.6 is 17.0 Å². The second-order valence-electron chi connectivity index (χ2n) is 6.54. The lowest BCUT2D eigenvalue weighted by molar-refractivity contribution is -0.156. The average molecular weight is 384 g/mol. The van der Waals surface area contributed by atoms with E-state index >= 15 is 0 Å². The second-order valence-corrected chi connectivity index (χ2v) is 6.54. The van der Waals surface area contributed by atoms with Gasteiger partial charge in [-0.05, 0) is 12.6 Å². The van der Waals surface area contributed by atoms with E-state index in [1.54, 1.807) is 0 Å². The number of epoxide rings is 1. The molecule has 4 rings (SSSR count).